The molecule has 1 N–H and O–H groups in total. The van der Waals surface area contributed by atoms with E-state index in [1.165, 1.54) is 38.0 Å². The standard InChI is InChI=1S/C12H23NS/c1-10-8-13-12(14-9-10)6-4-11(2,3)5-7-12/h10,13H,4-9H2,1-3H3. The third-order valence-corrected chi connectivity index (χ3v) is 5.67. The minimum atomic E-state index is 0.460. The molecule has 1 saturated carbocycles. The summed E-state index contributed by atoms with van der Waals surface area (Å²) in [6.07, 6.45) is 5.53. The molecule has 82 valence electrons. The van der Waals surface area contributed by atoms with Crippen molar-refractivity contribution in [1.29, 1.82) is 0 Å². The monoisotopic (exact) mass is 213 g/mol. The smallest absolute Gasteiger partial charge is 0.0645 e. The van der Waals surface area contributed by atoms with Crippen molar-refractivity contribution < 1.29 is 0 Å². The molecule has 1 unspecified atom stereocenters. The lowest BCUT2D eigenvalue weighted by Gasteiger charge is -2.47. The first kappa shape index (κ1) is 10.8. The molecule has 2 fully saturated rings. The second-order valence-electron chi connectivity index (χ2n) is 5.96. The Balaban J connectivity index is 1.93. The summed E-state index contributed by atoms with van der Waals surface area (Å²) in [5.74, 6) is 2.22. The van der Waals surface area contributed by atoms with E-state index in [9.17, 15) is 0 Å². The van der Waals surface area contributed by atoms with Crippen LogP contribution >= 0.6 is 11.8 Å². The van der Waals surface area contributed by atoms with Gasteiger partial charge in [0.25, 0.3) is 0 Å². The molecule has 0 bridgehead atoms. The van der Waals surface area contributed by atoms with Crippen LogP contribution in [0.1, 0.15) is 46.5 Å². The second-order valence-corrected chi connectivity index (χ2v) is 7.36. The molecule has 2 rings (SSSR count). The number of nitrogens with one attached hydrogen (secondary N) is 1. The van der Waals surface area contributed by atoms with Crippen LogP contribution in [0.4, 0.5) is 0 Å². The Bertz CT molecular complexity index is 192. The number of hydrogen-bond donors (Lipinski definition) is 1. The molecule has 0 aromatic heterocycles. The summed E-state index contributed by atoms with van der Waals surface area (Å²) in [7, 11) is 0. The van der Waals surface area contributed by atoms with Crippen molar-refractivity contribution in [3.63, 3.8) is 0 Å². The highest BCUT2D eigenvalue weighted by Gasteiger charge is 2.40. The van der Waals surface area contributed by atoms with Gasteiger partial charge in [-0.05, 0) is 49.3 Å². The van der Waals surface area contributed by atoms with Crippen LogP contribution in [0.5, 0.6) is 0 Å². The molecular formula is C12H23NS. The van der Waals surface area contributed by atoms with E-state index < -0.39 is 0 Å². The van der Waals surface area contributed by atoms with Gasteiger partial charge in [-0.3, -0.25) is 0 Å². The van der Waals surface area contributed by atoms with E-state index in [1.807, 2.05) is 0 Å². The van der Waals surface area contributed by atoms with Crippen molar-refractivity contribution in [2.45, 2.75) is 51.3 Å². The molecule has 1 aliphatic heterocycles. The van der Waals surface area contributed by atoms with E-state index in [4.69, 9.17) is 0 Å². The van der Waals surface area contributed by atoms with E-state index >= 15 is 0 Å². The lowest BCUT2D eigenvalue weighted by Crippen LogP contribution is -2.51. The average Bonchev–Trinajstić information content (AvgIpc) is 2.16. The van der Waals surface area contributed by atoms with Gasteiger partial charge in [-0.1, -0.05) is 20.8 Å². The van der Waals surface area contributed by atoms with Crippen LogP contribution in [-0.4, -0.2) is 17.2 Å². The van der Waals surface area contributed by atoms with Crippen LogP contribution in [0, 0.1) is 11.3 Å². The second kappa shape index (κ2) is 3.71. The zero-order chi connectivity index (χ0) is 10.2. The quantitative estimate of drug-likeness (QED) is 0.663. The maximum Gasteiger partial charge on any atom is 0.0645 e. The highest BCUT2D eigenvalue weighted by atomic mass is 32.2. The molecule has 1 atom stereocenters. The van der Waals surface area contributed by atoms with Crippen LogP contribution in [0.3, 0.4) is 0 Å². The minimum Gasteiger partial charge on any atom is -0.303 e. The Morgan fingerprint density at radius 1 is 1.14 bits per heavy atom. The molecule has 0 amide bonds. The van der Waals surface area contributed by atoms with Gasteiger partial charge >= 0.3 is 0 Å². The molecule has 2 aliphatic rings. The normalized spacial score (nSPS) is 35.8. The molecule has 1 spiro atoms. The first-order valence-electron chi connectivity index (χ1n) is 5.90. The van der Waals surface area contributed by atoms with Crippen molar-refractivity contribution in [2.24, 2.45) is 11.3 Å². The topological polar surface area (TPSA) is 12.0 Å². The van der Waals surface area contributed by atoms with E-state index in [2.05, 4.69) is 37.8 Å². The van der Waals surface area contributed by atoms with E-state index in [1.54, 1.807) is 0 Å². The Morgan fingerprint density at radius 3 is 2.29 bits per heavy atom. The SMILES string of the molecule is CC1CNC2(CCC(C)(C)CC2)SC1. The summed E-state index contributed by atoms with van der Waals surface area (Å²) in [4.78, 5) is 0.460. The summed E-state index contributed by atoms with van der Waals surface area (Å²) >= 11 is 2.18. The molecule has 14 heavy (non-hydrogen) atoms. The highest BCUT2D eigenvalue weighted by molar-refractivity contribution is 8.00. The van der Waals surface area contributed by atoms with Crippen LogP contribution < -0.4 is 5.32 Å². The Morgan fingerprint density at radius 2 is 1.79 bits per heavy atom. The predicted octanol–water partition coefficient (Wildman–Crippen LogP) is 3.26. The van der Waals surface area contributed by atoms with Crippen molar-refractivity contribution in [2.75, 3.05) is 12.3 Å². The zero-order valence-corrected chi connectivity index (χ0v) is 10.5. The fourth-order valence-corrected chi connectivity index (χ4v) is 3.82. The first-order valence-corrected chi connectivity index (χ1v) is 6.89. The summed E-state index contributed by atoms with van der Waals surface area (Å²) in [6.45, 7) is 8.40. The van der Waals surface area contributed by atoms with Crippen LogP contribution in [-0.2, 0) is 0 Å². The van der Waals surface area contributed by atoms with Crippen molar-refractivity contribution in [1.82, 2.24) is 5.32 Å². The fraction of sp³-hybridized carbons (Fsp3) is 1.00. The third-order valence-electron chi connectivity index (χ3n) is 3.83. The van der Waals surface area contributed by atoms with Gasteiger partial charge < -0.3 is 5.32 Å². The molecule has 1 aliphatic carbocycles. The number of rotatable bonds is 0. The molecule has 0 radical (unpaired) electrons. The molecule has 0 aromatic rings. The number of hydrogen-bond acceptors (Lipinski definition) is 2. The largest absolute Gasteiger partial charge is 0.303 e. The van der Waals surface area contributed by atoms with Crippen LogP contribution in [0.2, 0.25) is 0 Å². The van der Waals surface area contributed by atoms with Gasteiger partial charge in [0.05, 0.1) is 4.87 Å². The van der Waals surface area contributed by atoms with Gasteiger partial charge in [0.15, 0.2) is 0 Å². The van der Waals surface area contributed by atoms with Gasteiger partial charge in [0, 0.05) is 0 Å². The van der Waals surface area contributed by atoms with Crippen molar-refractivity contribution in [3.8, 4) is 0 Å². The van der Waals surface area contributed by atoms with Gasteiger partial charge in [-0.25, -0.2) is 0 Å². The van der Waals surface area contributed by atoms with Gasteiger partial charge in [-0.2, -0.15) is 0 Å². The van der Waals surface area contributed by atoms with E-state index in [0.717, 1.165) is 5.92 Å². The molecule has 1 heterocycles. The molecular weight excluding hydrogens is 190 g/mol. The summed E-state index contributed by atoms with van der Waals surface area (Å²) in [5, 5.41) is 3.78. The van der Waals surface area contributed by atoms with Gasteiger partial charge in [0.2, 0.25) is 0 Å². The maximum absolute atomic E-state index is 3.78. The summed E-state index contributed by atoms with van der Waals surface area (Å²) in [6, 6.07) is 0. The Hall–Kier alpha value is 0.310. The number of thioether (sulfide) groups is 1. The van der Waals surface area contributed by atoms with Crippen molar-refractivity contribution in [3.05, 3.63) is 0 Å². The first-order chi connectivity index (χ1) is 6.52. The predicted molar refractivity (Wildman–Crippen MR) is 64.6 cm³/mol. The molecule has 1 saturated heterocycles. The zero-order valence-electron chi connectivity index (χ0n) is 9.73. The average molecular weight is 213 g/mol. The fourth-order valence-electron chi connectivity index (χ4n) is 2.42. The van der Waals surface area contributed by atoms with Gasteiger partial charge in [0.1, 0.15) is 0 Å². The Labute approximate surface area is 92.4 Å². The third kappa shape index (κ3) is 2.27. The lowest BCUT2D eigenvalue weighted by molar-refractivity contribution is 0.183. The maximum atomic E-state index is 3.78. The van der Waals surface area contributed by atoms with E-state index in [-0.39, 0.29) is 0 Å². The Kier molecular flexibility index (Phi) is 2.87. The van der Waals surface area contributed by atoms with Crippen LogP contribution in [0.25, 0.3) is 0 Å². The van der Waals surface area contributed by atoms with Crippen LogP contribution in [0.15, 0.2) is 0 Å². The lowest BCUT2D eigenvalue weighted by atomic mass is 9.75. The van der Waals surface area contributed by atoms with Crippen molar-refractivity contribution >= 4 is 11.8 Å². The van der Waals surface area contributed by atoms with E-state index in [0.29, 0.717) is 10.3 Å². The molecule has 1 nitrogen and oxygen atoms in total. The summed E-state index contributed by atoms with van der Waals surface area (Å²) < 4.78 is 0. The molecule has 0 aromatic carbocycles. The molecule has 2 heteroatoms. The highest BCUT2D eigenvalue weighted by Crippen LogP contribution is 2.47. The summed E-state index contributed by atoms with van der Waals surface area (Å²) in [5.41, 5.74) is 0.594. The van der Waals surface area contributed by atoms with Gasteiger partial charge in [-0.15, -0.1) is 11.8 Å². The minimum absolute atomic E-state index is 0.460.